The van der Waals surface area contributed by atoms with Crippen LogP contribution in [0.5, 0.6) is 5.75 Å². The van der Waals surface area contributed by atoms with E-state index < -0.39 is 0 Å². The van der Waals surface area contributed by atoms with Crippen LogP contribution in [0.15, 0.2) is 12.1 Å². The van der Waals surface area contributed by atoms with Gasteiger partial charge in [-0.2, -0.15) is 0 Å². The van der Waals surface area contributed by atoms with Crippen molar-refractivity contribution in [2.24, 2.45) is 0 Å². The summed E-state index contributed by atoms with van der Waals surface area (Å²) < 4.78 is 5.65. The second-order valence-electron chi connectivity index (χ2n) is 4.01. The monoisotopic (exact) mass is 316 g/mol. The molecule has 0 unspecified atom stereocenters. The summed E-state index contributed by atoms with van der Waals surface area (Å²) in [6.07, 6.45) is 0.881. The highest BCUT2D eigenvalue weighted by Crippen LogP contribution is 2.32. The number of hydrogen-bond acceptors (Lipinski definition) is 6. The molecule has 7 nitrogen and oxygen atoms in total. The molecule has 108 valence electrons. The summed E-state index contributed by atoms with van der Waals surface area (Å²) in [7, 11) is 0. The fourth-order valence-electron chi connectivity index (χ4n) is 1.58. The summed E-state index contributed by atoms with van der Waals surface area (Å²) in [4.78, 5) is 1.26. The van der Waals surface area contributed by atoms with Crippen LogP contribution in [0.4, 0.5) is 5.95 Å². The number of ether oxygens (including phenoxy) is 1. The SMILES string of the molecule is CCCOc1c(Cl)cc(Cl)cc1CNn1nnnc1N. The molecule has 0 amide bonds. The third-order valence-corrected chi connectivity index (χ3v) is 2.95. The maximum absolute atomic E-state index is 6.15. The Morgan fingerprint density at radius 2 is 2.20 bits per heavy atom. The number of nitrogens with two attached hydrogens (primary N) is 1. The van der Waals surface area contributed by atoms with Crippen LogP contribution in [0.2, 0.25) is 10.0 Å². The molecule has 2 aromatic rings. The number of anilines is 1. The number of halogens is 2. The van der Waals surface area contributed by atoms with E-state index in [4.69, 9.17) is 33.7 Å². The van der Waals surface area contributed by atoms with Crippen molar-refractivity contribution < 1.29 is 4.74 Å². The zero-order chi connectivity index (χ0) is 14.5. The molecule has 0 fully saturated rings. The first kappa shape index (κ1) is 14.7. The number of tetrazole rings is 1. The van der Waals surface area contributed by atoms with Gasteiger partial charge in [0.2, 0.25) is 0 Å². The highest BCUT2D eigenvalue weighted by molar-refractivity contribution is 6.35. The van der Waals surface area contributed by atoms with Gasteiger partial charge in [0.05, 0.1) is 18.2 Å². The Balaban J connectivity index is 2.18. The largest absolute Gasteiger partial charge is 0.492 e. The van der Waals surface area contributed by atoms with Crippen LogP contribution >= 0.6 is 23.2 Å². The van der Waals surface area contributed by atoms with E-state index in [0.29, 0.717) is 28.9 Å². The average Bonchev–Trinajstić information content (AvgIpc) is 2.80. The van der Waals surface area contributed by atoms with E-state index in [9.17, 15) is 0 Å². The van der Waals surface area contributed by atoms with Crippen molar-refractivity contribution in [3.8, 4) is 5.75 Å². The smallest absolute Gasteiger partial charge is 0.260 e. The minimum absolute atomic E-state index is 0.161. The minimum Gasteiger partial charge on any atom is -0.492 e. The van der Waals surface area contributed by atoms with E-state index in [0.717, 1.165) is 12.0 Å². The Bertz CT molecular complexity index is 588. The van der Waals surface area contributed by atoms with E-state index >= 15 is 0 Å². The van der Waals surface area contributed by atoms with Gasteiger partial charge >= 0.3 is 0 Å². The summed E-state index contributed by atoms with van der Waals surface area (Å²) in [5, 5.41) is 11.7. The van der Waals surface area contributed by atoms with E-state index in [2.05, 4.69) is 21.0 Å². The Morgan fingerprint density at radius 1 is 1.40 bits per heavy atom. The lowest BCUT2D eigenvalue weighted by Gasteiger charge is -2.14. The third kappa shape index (κ3) is 3.43. The molecular formula is C11H14Cl2N6O. The highest BCUT2D eigenvalue weighted by Gasteiger charge is 2.11. The third-order valence-electron chi connectivity index (χ3n) is 2.45. The van der Waals surface area contributed by atoms with Gasteiger partial charge in [-0.15, -0.1) is 4.79 Å². The van der Waals surface area contributed by atoms with Crippen molar-refractivity contribution in [1.29, 1.82) is 0 Å². The van der Waals surface area contributed by atoms with Crippen molar-refractivity contribution in [1.82, 2.24) is 20.3 Å². The standard InChI is InChI=1S/C11H14Cl2N6O/c1-2-3-20-10-7(4-8(12)5-9(10)13)6-15-19-11(14)16-17-18-19/h4-5,15H,2-3,6H2,1H3,(H2,14,16,18). The van der Waals surface area contributed by atoms with Crippen molar-refractivity contribution in [2.75, 3.05) is 17.8 Å². The second-order valence-corrected chi connectivity index (χ2v) is 4.85. The molecule has 1 aromatic carbocycles. The van der Waals surface area contributed by atoms with Gasteiger partial charge in [-0.3, -0.25) is 0 Å². The van der Waals surface area contributed by atoms with Gasteiger partial charge in [0.1, 0.15) is 5.75 Å². The molecule has 0 atom stereocenters. The Hall–Kier alpha value is -1.73. The lowest BCUT2D eigenvalue weighted by atomic mass is 10.2. The number of nitrogen functional groups attached to an aromatic ring is 1. The molecule has 0 aliphatic carbocycles. The lowest BCUT2D eigenvalue weighted by molar-refractivity contribution is 0.314. The first-order chi connectivity index (χ1) is 9.61. The molecular weight excluding hydrogens is 303 g/mol. The number of nitrogens with one attached hydrogen (secondary N) is 1. The quantitative estimate of drug-likeness (QED) is 0.848. The number of aromatic nitrogens is 4. The van der Waals surface area contributed by atoms with Crippen LogP contribution in [0.25, 0.3) is 0 Å². The van der Waals surface area contributed by atoms with Crippen molar-refractivity contribution >= 4 is 29.2 Å². The fraction of sp³-hybridized carbons (Fsp3) is 0.364. The summed E-state index contributed by atoms with van der Waals surface area (Å²) >= 11 is 12.2. The van der Waals surface area contributed by atoms with Gasteiger partial charge < -0.3 is 15.9 Å². The van der Waals surface area contributed by atoms with Crippen LogP contribution in [-0.4, -0.2) is 26.9 Å². The molecule has 0 saturated carbocycles. The van der Waals surface area contributed by atoms with Crippen LogP contribution in [0.1, 0.15) is 18.9 Å². The molecule has 9 heteroatoms. The molecule has 3 N–H and O–H groups in total. The van der Waals surface area contributed by atoms with E-state index in [1.165, 1.54) is 4.79 Å². The fourth-order valence-corrected chi connectivity index (χ4v) is 2.17. The lowest BCUT2D eigenvalue weighted by Crippen LogP contribution is -2.19. The van der Waals surface area contributed by atoms with Crippen molar-refractivity contribution in [3.63, 3.8) is 0 Å². The average molecular weight is 317 g/mol. The Morgan fingerprint density at radius 3 is 2.85 bits per heavy atom. The predicted octanol–water partition coefficient (Wildman–Crippen LogP) is 2.09. The topological polar surface area (TPSA) is 90.9 Å². The maximum atomic E-state index is 6.15. The van der Waals surface area contributed by atoms with Crippen LogP contribution < -0.4 is 15.9 Å². The zero-order valence-electron chi connectivity index (χ0n) is 10.8. The molecule has 0 saturated heterocycles. The van der Waals surface area contributed by atoms with Crippen molar-refractivity contribution in [3.05, 3.63) is 27.7 Å². The summed E-state index contributed by atoms with van der Waals surface area (Å²) in [6, 6.07) is 3.41. The van der Waals surface area contributed by atoms with Crippen LogP contribution in [0.3, 0.4) is 0 Å². The normalized spacial score (nSPS) is 10.6. The second kappa shape index (κ2) is 6.62. The van der Waals surface area contributed by atoms with E-state index in [-0.39, 0.29) is 5.95 Å². The van der Waals surface area contributed by atoms with E-state index in [1.807, 2.05) is 6.92 Å². The molecule has 1 heterocycles. The zero-order valence-corrected chi connectivity index (χ0v) is 12.3. The minimum atomic E-state index is 0.161. The van der Waals surface area contributed by atoms with Gasteiger partial charge in [0.15, 0.2) is 0 Å². The molecule has 0 spiro atoms. The molecule has 0 aliphatic heterocycles. The van der Waals surface area contributed by atoms with Gasteiger partial charge in [0.25, 0.3) is 5.95 Å². The summed E-state index contributed by atoms with van der Waals surface area (Å²) in [5.41, 5.74) is 9.30. The molecule has 20 heavy (non-hydrogen) atoms. The van der Waals surface area contributed by atoms with Gasteiger partial charge in [-0.1, -0.05) is 35.2 Å². The summed E-state index contributed by atoms with van der Waals surface area (Å²) in [5.74, 6) is 0.756. The number of nitrogens with zero attached hydrogens (tertiary/aromatic N) is 4. The first-order valence-electron chi connectivity index (χ1n) is 6.00. The molecule has 0 aliphatic rings. The Kier molecular flexibility index (Phi) is 4.86. The Labute approximate surface area is 126 Å². The molecule has 0 radical (unpaired) electrons. The van der Waals surface area contributed by atoms with Crippen LogP contribution in [0, 0.1) is 0 Å². The van der Waals surface area contributed by atoms with Crippen LogP contribution in [-0.2, 0) is 6.54 Å². The van der Waals surface area contributed by atoms with Gasteiger partial charge in [0, 0.05) is 10.6 Å². The number of rotatable bonds is 6. The molecule has 1 aromatic heterocycles. The molecule has 2 rings (SSSR count). The van der Waals surface area contributed by atoms with E-state index in [1.54, 1.807) is 12.1 Å². The molecule has 0 bridgehead atoms. The first-order valence-corrected chi connectivity index (χ1v) is 6.76. The van der Waals surface area contributed by atoms with Gasteiger partial charge in [-0.25, -0.2) is 0 Å². The number of hydrogen-bond donors (Lipinski definition) is 2. The number of benzene rings is 1. The summed E-state index contributed by atoms with van der Waals surface area (Å²) in [6.45, 7) is 2.96. The van der Waals surface area contributed by atoms with Crippen molar-refractivity contribution in [2.45, 2.75) is 19.9 Å². The highest BCUT2D eigenvalue weighted by atomic mass is 35.5. The maximum Gasteiger partial charge on any atom is 0.260 e. The predicted molar refractivity (Wildman–Crippen MR) is 77.5 cm³/mol. The van der Waals surface area contributed by atoms with Gasteiger partial charge in [-0.05, 0) is 29.0 Å².